The lowest BCUT2D eigenvalue weighted by molar-refractivity contribution is 0.400. The third-order valence-corrected chi connectivity index (χ3v) is 6.68. The van der Waals surface area contributed by atoms with Gasteiger partial charge in [0.2, 0.25) is 0 Å². The van der Waals surface area contributed by atoms with Gasteiger partial charge >= 0.3 is 0 Å². The lowest BCUT2D eigenvalue weighted by atomic mass is 10.1. The maximum absolute atomic E-state index is 13.5. The number of halogens is 1. The number of benzene rings is 2. The Morgan fingerprint density at radius 2 is 1.87 bits per heavy atom. The van der Waals surface area contributed by atoms with Crippen LogP contribution >= 0.6 is 11.3 Å². The molecule has 0 amide bonds. The molecule has 0 fully saturated rings. The van der Waals surface area contributed by atoms with Crippen molar-refractivity contribution in [1.82, 2.24) is 10.1 Å². The molecule has 0 bridgehead atoms. The fraction of sp³-hybridized carbons (Fsp3) is 0.143. The Hall–Kier alpha value is -3.04. The van der Waals surface area contributed by atoms with E-state index in [1.807, 2.05) is 5.38 Å². The van der Waals surface area contributed by atoms with Crippen LogP contribution < -0.4 is 4.72 Å². The molecule has 154 valence electrons. The Balaban J connectivity index is 1.47. The van der Waals surface area contributed by atoms with Gasteiger partial charge in [0.25, 0.3) is 10.0 Å². The van der Waals surface area contributed by atoms with E-state index < -0.39 is 10.0 Å². The van der Waals surface area contributed by atoms with Gasteiger partial charge in [-0.2, -0.15) is 0 Å². The number of anilines is 1. The van der Waals surface area contributed by atoms with E-state index in [9.17, 15) is 12.8 Å². The number of nitrogens with one attached hydrogen (secondary N) is 1. The number of nitrogens with zero attached hydrogens (tertiary/aromatic N) is 2. The quantitative estimate of drug-likeness (QED) is 0.456. The van der Waals surface area contributed by atoms with Gasteiger partial charge < -0.3 is 4.52 Å². The summed E-state index contributed by atoms with van der Waals surface area (Å²) in [5.41, 5.74) is 3.17. The fourth-order valence-corrected chi connectivity index (χ4v) is 4.72. The first-order chi connectivity index (χ1) is 14.3. The first-order valence-electron chi connectivity index (χ1n) is 9.06. The van der Waals surface area contributed by atoms with Gasteiger partial charge in [0.1, 0.15) is 11.6 Å². The van der Waals surface area contributed by atoms with Crippen LogP contribution in [0.5, 0.6) is 0 Å². The van der Waals surface area contributed by atoms with E-state index >= 15 is 0 Å². The first-order valence-corrected chi connectivity index (χ1v) is 11.4. The van der Waals surface area contributed by atoms with Gasteiger partial charge in [0, 0.05) is 23.4 Å². The number of hydrogen-bond acceptors (Lipinski definition) is 6. The second-order valence-corrected chi connectivity index (χ2v) is 9.46. The van der Waals surface area contributed by atoms with Crippen LogP contribution in [-0.2, 0) is 16.4 Å². The van der Waals surface area contributed by atoms with Crippen molar-refractivity contribution in [1.29, 1.82) is 0 Å². The van der Waals surface area contributed by atoms with Crippen LogP contribution in [0, 0.1) is 19.7 Å². The number of aryl methyl sites for hydroxylation is 2. The summed E-state index contributed by atoms with van der Waals surface area (Å²) < 4.78 is 45.7. The maximum atomic E-state index is 13.5. The molecule has 0 saturated carbocycles. The van der Waals surface area contributed by atoms with Crippen molar-refractivity contribution in [3.8, 4) is 11.3 Å². The van der Waals surface area contributed by atoms with Crippen LogP contribution in [0.3, 0.4) is 0 Å². The van der Waals surface area contributed by atoms with Crippen LogP contribution in [0.1, 0.15) is 21.9 Å². The number of thiazole rings is 1. The van der Waals surface area contributed by atoms with Crippen molar-refractivity contribution in [2.45, 2.75) is 25.2 Å². The van der Waals surface area contributed by atoms with Crippen molar-refractivity contribution in [2.24, 2.45) is 0 Å². The van der Waals surface area contributed by atoms with Gasteiger partial charge in [-0.1, -0.05) is 17.3 Å². The molecule has 4 aromatic rings. The molecule has 6 nitrogen and oxygen atoms in total. The minimum Gasteiger partial charge on any atom is -0.360 e. The van der Waals surface area contributed by atoms with Gasteiger partial charge in [0.05, 0.1) is 15.6 Å². The van der Waals surface area contributed by atoms with Crippen molar-refractivity contribution >= 4 is 27.2 Å². The molecule has 30 heavy (non-hydrogen) atoms. The summed E-state index contributed by atoms with van der Waals surface area (Å²) >= 11 is 1.51. The summed E-state index contributed by atoms with van der Waals surface area (Å²) in [5, 5.41) is 6.47. The number of sulfonamides is 1. The molecule has 0 aliphatic rings. The normalized spacial score (nSPS) is 11.6. The molecule has 0 atom stereocenters. The van der Waals surface area contributed by atoms with Crippen molar-refractivity contribution in [2.75, 3.05) is 4.72 Å². The van der Waals surface area contributed by atoms with Gasteiger partial charge in [-0.3, -0.25) is 4.72 Å². The topological polar surface area (TPSA) is 85.1 Å². The van der Waals surface area contributed by atoms with Gasteiger partial charge in [0.15, 0.2) is 5.82 Å². The number of aromatic nitrogens is 2. The molecule has 4 rings (SSSR count). The fourth-order valence-electron chi connectivity index (χ4n) is 2.90. The van der Waals surface area contributed by atoms with E-state index in [1.54, 1.807) is 50.2 Å². The molecule has 0 aliphatic carbocycles. The average molecular weight is 444 g/mol. The highest BCUT2D eigenvalue weighted by Gasteiger charge is 2.16. The zero-order valence-corrected chi connectivity index (χ0v) is 17.8. The SMILES string of the molecule is Cc1cc(NS(=O)(=O)c2ccc(Cc3nc(-c4ccc(F)c(C)c4)cs3)cc2)no1. The molecule has 0 spiro atoms. The number of rotatable bonds is 6. The number of hydrogen-bond donors (Lipinski definition) is 1. The average Bonchev–Trinajstić information content (AvgIpc) is 3.33. The van der Waals surface area contributed by atoms with Crippen molar-refractivity contribution in [3.63, 3.8) is 0 Å². The molecule has 2 heterocycles. The van der Waals surface area contributed by atoms with E-state index in [2.05, 4.69) is 14.9 Å². The first kappa shape index (κ1) is 20.2. The Kier molecular flexibility index (Phi) is 5.40. The van der Waals surface area contributed by atoms with Crippen molar-refractivity contribution < 1.29 is 17.3 Å². The Morgan fingerprint density at radius 1 is 1.10 bits per heavy atom. The monoisotopic (exact) mass is 443 g/mol. The molecule has 0 radical (unpaired) electrons. The lowest BCUT2D eigenvalue weighted by Crippen LogP contribution is -2.13. The largest absolute Gasteiger partial charge is 0.360 e. The second kappa shape index (κ2) is 8.00. The Labute approximate surface area is 177 Å². The van der Waals surface area contributed by atoms with E-state index in [4.69, 9.17) is 4.52 Å². The third-order valence-electron chi connectivity index (χ3n) is 4.46. The molecular weight excluding hydrogens is 425 g/mol. The predicted molar refractivity (Wildman–Crippen MR) is 114 cm³/mol. The third kappa shape index (κ3) is 4.42. The van der Waals surface area contributed by atoms with E-state index in [1.165, 1.54) is 23.5 Å². The zero-order chi connectivity index (χ0) is 21.3. The van der Waals surface area contributed by atoms with Crippen molar-refractivity contribution in [3.05, 3.63) is 81.6 Å². The van der Waals surface area contributed by atoms with Crippen LogP contribution in [-0.4, -0.2) is 18.6 Å². The van der Waals surface area contributed by atoms with Crippen LogP contribution in [0.4, 0.5) is 10.2 Å². The molecule has 0 aliphatic heterocycles. The minimum atomic E-state index is -3.75. The lowest BCUT2D eigenvalue weighted by Gasteiger charge is -2.06. The highest BCUT2D eigenvalue weighted by atomic mass is 32.2. The minimum absolute atomic E-state index is 0.133. The maximum Gasteiger partial charge on any atom is 0.263 e. The van der Waals surface area contributed by atoms with Gasteiger partial charge in [-0.15, -0.1) is 11.3 Å². The summed E-state index contributed by atoms with van der Waals surface area (Å²) in [5.74, 6) is 0.419. The second-order valence-electron chi connectivity index (χ2n) is 6.84. The summed E-state index contributed by atoms with van der Waals surface area (Å²) in [6.45, 7) is 3.40. The summed E-state index contributed by atoms with van der Waals surface area (Å²) in [6, 6.07) is 13.0. The summed E-state index contributed by atoms with van der Waals surface area (Å²) in [4.78, 5) is 4.76. The molecule has 0 saturated heterocycles. The smallest absolute Gasteiger partial charge is 0.263 e. The molecule has 2 aromatic carbocycles. The molecule has 2 aromatic heterocycles. The highest BCUT2D eigenvalue weighted by molar-refractivity contribution is 7.92. The van der Waals surface area contributed by atoms with E-state index in [0.717, 1.165) is 21.8 Å². The Bertz CT molecular complexity index is 1300. The molecule has 0 unspecified atom stereocenters. The van der Waals surface area contributed by atoms with E-state index in [-0.39, 0.29) is 16.5 Å². The Morgan fingerprint density at radius 3 is 2.53 bits per heavy atom. The van der Waals surface area contributed by atoms with Crippen LogP contribution in [0.2, 0.25) is 0 Å². The van der Waals surface area contributed by atoms with E-state index in [0.29, 0.717) is 17.7 Å². The standard InChI is InChI=1S/C21H18FN3O3S2/c1-13-9-16(5-8-18(13)22)19-12-29-21(23-19)11-15-3-6-17(7-4-15)30(26,27)25-20-10-14(2)28-24-20/h3-10,12H,11H2,1-2H3,(H,24,25). The van der Waals surface area contributed by atoms with Crippen LogP contribution in [0.15, 0.2) is 63.3 Å². The highest BCUT2D eigenvalue weighted by Crippen LogP contribution is 2.25. The molecule has 9 heteroatoms. The van der Waals surface area contributed by atoms with Gasteiger partial charge in [-0.25, -0.2) is 17.8 Å². The summed E-state index contributed by atoms with van der Waals surface area (Å²) in [6.07, 6.45) is 0.571. The predicted octanol–water partition coefficient (Wildman–Crippen LogP) is 4.95. The van der Waals surface area contributed by atoms with Gasteiger partial charge in [-0.05, 0) is 55.3 Å². The zero-order valence-electron chi connectivity index (χ0n) is 16.2. The summed E-state index contributed by atoms with van der Waals surface area (Å²) in [7, 11) is -3.75. The molecular formula is C21H18FN3O3S2. The van der Waals surface area contributed by atoms with Crippen LogP contribution in [0.25, 0.3) is 11.3 Å². The molecule has 1 N–H and O–H groups in total.